The van der Waals surface area contributed by atoms with E-state index >= 15 is 0 Å². The average Bonchev–Trinajstić information content (AvgIpc) is 3.35. The summed E-state index contributed by atoms with van der Waals surface area (Å²) in [4.78, 5) is 24.5. The molecule has 0 fully saturated rings. The van der Waals surface area contributed by atoms with E-state index in [0.29, 0.717) is 23.2 Å². The predicted molar refractivity (Wildman–Crippen MR) is 128 cm³/mol. The van der Waals surface area contributed by atoms with Crippen LogP contribution in [0.2, 0.25) is 5.02 Å². The second-order valence-corrected chi connectivity index (χ2v) is 9.10. The molecule has 1 aliphatic rings. The molecule has 5 rings (SSSR count). The minimum atomic E-state index is -3.00. The minimum absolute atomic E-state index is 0.0659. The summed E-state index contributed by atoms with van der Waals surface area (Å²) in [6.07, 6.45) is 1.69. The number of halogens is 4. The van der Waals surface area contributed by atoms with Crippen LogP contribution in [-0.4, -0.2) is 33.1 Å². The second-order valence-electron chi connectivity index (χ2n) is 8.69. The van der Waals surface area contributed by atoms with Gasteiger partial charge in [0.1, 0.15) is 17.2 Å². The van der Waals surface area contributed by atoms with Gasteiger partial charge in [0, 0.05) is 18.1 Å². The lowest BCUT2D eigenvalue weighted by Gasteiger charge is -2.18. The van der Waals surface area contributed by atoms with Gasteiger partial charge in [-0.25, -0.2) is 14.4 Å². The van der Waals surface area contributed by atoms with Gasteiger partial charge < -0.3 is 25.1 Å². The number of ether oxygens (including phenoxy) is 2. The molecule has 8 nitrogen and oxygen atoms in total. The third-order valence-electron chi connectivity index (χ3n) is 5.47. The van der Waals surface area contributed by atoms with Crippen molar-refractivity contribution in [1.82, 2.24) is 15.0 Å². The van der Waals surface area contributed by atoms with Gasteiger partial charge in [-0.15, -0.1) is 0 Å². The zero-order valence-electron chi connectivity index (χ0n) is 19.0. The maximum Gasteiger partial charge on any atom is 0.388 e. The second kappa shape index (κ2) is 8.90. The third-order valence-corrected chi connectivity index (χ3v) is 5.78. The number of benzene rings is 2. The monoisotopic (exact) mass is 517 g/mol. The lowest BCUT2D eigenvalue weighted by atomic mass is 9.98. The van der Waals surface area contributed by atoms with Crippen molar-refractivity contribution in [3.63, 3.8) is 0 Å². The summed E-state index contributed by atoms with van der Waals surface area (Å²) < 4.78 is 49.3. The Morgan fingerprint density at radius 1 is 1.28 bits per heavy atom. The molecule has 0 unspecified atom stereocenters. The molecule has 0 spiro atoms. The van der Waals surface area contributed by atoms with E-state index in [1.807, 2.05) is 13.8 Å². The van der Waals surface area contributed by atoms with E-state index in [-0.39, 0.29) is 33.8 Å². The molecule has 1 amide bonds. The van der Waals surface area contributed by atoms with Crippen LogP contribution in [0, 0.1) is 5.82 Å². The highest BCUT2D eigenvalue weighted by Gasteiger charge is 2.36. The number of anilines is 3. The summed E-state index contributed by atoms with van der Waals surface area (Å²) in [6.45, 7) is 0.775. The van der Waals surface area contributed by atoms with Gasteiger partial charge in [-0.1, -0.05) is 17.7 Å². The highest BCUT2D eigenvalue weighted by atomic mass is 35.5. The number of hydrogen-bond acceptors (Lipinski definition) is 6. The number of rotatable bonds is 6. The largest absolute Gasteiger partial charge is 0.486 e. The molecule has 2 aromatic heterocycles. The Balaban J connectivity index is 1.49. The van der Waals surface area contributed by atoms with E-state index in [2.05, 4.69) is 30.3 Å². The molecule has 3 heterocycles. The fourth-order valence-corrected chi connectivity index (χ4v) is 4.21. The van der Waals surface area contributed by atoms with Crippen molar-refractivity contribution in [2.75, 3.05) is 10.6 Å². The van der Waals surface area contributed by atoms with E-state index in [0.717, 1.165) is 5.56 Å². The standard InChI is InChI=1S/C24H19ClF3N5O3/c1-24(2)9-13-18-16(31-23(32-18)33-19-14(25)4-3-5-15(19)26)8-12(20(13)36-24)21(34)30-11-6-7-17(29-10-11)35-22(27)28/h3-8,10,22H,9H2,1-2H3,(H,30,34)(H2,31,32,33). The van der Waals surface area contributed by atoms with Crippen molar-refractivity contribution in [1.29, 1.82) is 0 Å². The number of nitrogens with zero attached hydrogens (tertiary/aromatic N) is 2. The van der Waals surface area contributed by atoms with Crippen LogP contribution in [0.15, 0.2) is 42.6 Å². The molecule has 0 bridgehead atoms. The van der Waals surface area contributed by atoms with Crippen molar-refractivity contribution in [3.05, 3.63) is 64.6 Å². The van der Waals surface area contributed by atoms with E-state index < -0.39 is 23.9 Å². The van der Waals surface area contributed by atoms with Gasteiger partial charge in [0.2, 0.25) is 11.8 Å². The number of carbonyl (C=O) groups is 1. The predicted octanol–water partition coefficient (Wildman–Crippen LogP) is 6.06. The molecule has 0 aliphatic carbocycles. The average molecular weight is 518 g/mol. The molecule has 4 aromatic rings. The van der Waals surface area contributed by atoms with Crippen LogP contribution in [0.25, 0.3) is 11.0 Å². The fraction of sp³-hybridized carbons (Fsp3) is 0.208. The van der Waals surface area contributed by atoms with E-state index in [1.54, 1.807) is 12.1 Å². The van der Waals surface area contributed by atoms with Gasteiger partial charge in [-0.05, 0) is 38.1 Å². The van der Waals surface area contributed by atoms with Crippen LogP contribution in [0.4, 0.5) is 30.5 Å². The van der Waals surface area contributed by atoms with Crippen LogP contribution >= 0.6 is 11.6 Å². The fourth-order valence-electron chi connectivity index (χ4n) is 4.00. The van der Waals surface area contributed by atoms with Crippen molar-refractivity contribution in [2.24, 2.45) is 0 Å². The van der Waals surface area contributed by atoms with Crippen LogP contribution in [0.3, 0.4) is 0 Å². The quantitative estimate of drug-likeness (QED) is 0.287. The molecule has 0 saturated heterocycles. The molecule has 186 valence electrons. The Morgan fingerprint density at radius 2 is 2.08 bits per heavy atom. The zero-order chi connectivity index (χ0) is 25.6. The number of H-pyrrole nitrogens is 1. The first-order valence-electron chi connectivity index (χ1n) is 10.8. The summed E-state index contributed by atoms with van der Waals surface area (Å²) in [6, 6.07) is 8.47. The summed E-state index contributed by atoms with van der Waals surface area (Å²) in [5.74, 6) is -0.710. The van der Waals surface area contributed by atoms with Crippen molar-refractivity contribution >= 4 is 45.9 Å². The van der Waals surface area contributed by atoms with Crippen LogP contribution in [-0.2, 0) is 6.42 Å². The molecular formula is C24H19ClF3N5O3. The normalized spacial score (nSPS) is 14.0. The van der Waals surface area contributed by atoms with Gasteiger partial charge in [-0.3, -0.25) is 4.79 Å². The zero-order valence-corrected chi connectivity index (χ0v) is 19.7. The Hall–Kier alpha value is -3.99. The lowest BCUT2D eigenvalue weighted by molar-refractivity contribution is -0.0528. The number of pyridine rings is 1. The van der Waals surface area contributed by atoms with Crippen LogP contribution in [0.1, 0.15) is 29.8 Å². The van der Waals surface area contributed by atoms with Crippen LogP contribution < -0.4 is 20.1 Å². The van der Waals surface area contributed by atoms with Crippen molar-refractivity contribution in [2.45, 2.75) is 32.5 Å². The highest BCUT2D eigenvalue weighted by molar-refractivity contribution is 6.33. The van der Waals surface area contributed by atoms with Crippen LogP contribution in [0.5, 0.6) is 11.6 Å². The summed E-state index contributed by atoms with van der Waals surface area (Å²) >= 11 is 6.12. The minimum Gasteiger partial charge on any atom is -0.486 e. The Labute approximate surface area is 207 Å². The Bertz CT molecular complexity index is 1450. The van der Waals surface area contributed by atoms with E-state index in [4.69, 9.17) is 16.3 Å². The molecule has 3 N–H and O–H groups in total. The molecule has 12 heteroatoms. The molecule has 0 radical (unpaired) electrons. The lowest BCUT2D eigenvalue weighted by Crippen LogP contribution is -2.25. The Kier molecular flexibility index (Phi) is 5.87. The number of para-hydroxylation sites is 1. The number of imidazole rings is 1. The topological polar surface area (TPSA) is 101 Å². The third kappa shape index (κ3) is 4.61. The molecular weight excluding hydrogens is 499 g/mol. The smallest absolute Gasteiger partial charge is 0.388 e. The van der Waals surface area contributed by atoms with Crippen molar-refractivity contribution < 1.29 is 27.4 Å². The number of aromatic amines is 1. The van der Waals surface area contributed by atoms with Crippen molar-refractivity contribution in [3.8, 4) is 11.6 Å². The van der Waals surface area contributed by atoms with Gasteiger partial charge in [0.25, 0.3) is 5.91 Å². The first-order valence-corrected chi connectivity index (χ1v) is 11.2. The molecule has 0 atom stereocenters. The Morgan fingerprint density at radius 3 is 2.78 bits per heavy atom. The summed E-state index contributed by atoms with van der Waals surface area (Å²) in [5, 5.41) is 5.72. The molecule has 36 heavy (non-hydrogen) atoms. The van der Waals surface area contributed by atoms with Gasteiger partial charge in [-0.2, -0.15) is 8.78 Å². The number of fused-ring (bicyclic) bond motifs is 3. The van der Waals surface area contributed by atoms with Gasteiger partial charge in [0.05, 0.1) is 39.2 Å². The first kappa shape index (κ1) is 23.7. The summed E-state index contributed by atoms with van der Waals surface area (Å²) in [7, 11) is 0. The molecule has 0 saturated carbocycles. The van der Waals surface area contributed by atoms with E-state index in [1.165, 1.54) is 30.5 Å². The number of alkyl halides is 2. The summed E-state index contributed by atoms with van der Waals surface area (Å²) in [5.41, 5.74) is 1.79. The molecule has 2 aromatic carbocycles. The van der Waals surface area contributed by atoms with E-state index in [9.17, 15) is 18.0 Å². The molecule has 1 aliphatic heterocycles. The SMILES string of the molecule is CC1(C)Cc2c(c(C(=O)Nc3ccc(OC(F)F)nc3)cc3nc(Nc4c(F)cccc4Cl)[nH]c23)O1. The number of aromatic nitrogens is 3. The maximum absolute atomic E-state index is 14.3. The number of nitrogens with one attached hydrogen (secondary N) is 3. The highest BCUT2D eigenvalue weighted by Crippen LogP contribution is 2.42. The maximum atomic E-state index is 14.3. The number of carbonyl (C=O) groups excluding carboxylic acids is 1. The number of amides is 1. The number of hydrogen-bond donors (Lipinski definition) is 3. The first-order chi connectivity index (χ1) is 17.1. The van der Waals surface area contributed by atoms with Gasteiger partial charge in [0.15, 0.2) is 0 Å². The van der Waals surface area contributed by atoms with Gasteiger partial charge >= 0.3 is 6.61 Å².